The van der Waals surface area contributed by atoms with E-state index in [0.717, 1.165) is 25.7 Å². The normalized spacial score (nSPS) is 14.4. The fraction of sp³-hybridized carbons (Fsp3) is 0.909. The Morgan fingerprint density at radius 3 is 2.65 bits per heavy atom. The van der Waals surface area contributed by atoms with Crippen molar-refractivity contribution in [3.05, 3.63) is 0 Å². The first-order chi connectivity index (χ1) is 8.15. The van der Waals surface area contributed by atoms with Crippen LogP contribution in [-0.2, 0) is 18.9 Å². The lowest BCUT2D eigenvalue weighted by molar-refractivity contribution is -0.432. The molecule has 17 heavy (non-hydrogen) atoms. The van der Waals surface area contributed by atoms with Gasteiger partial charge in [-0.05, 0) is 19.3 Å². The van der Waals surface area contributed by atoms with Crippen molar-refractivity contribution in [3.63, 3.8) is 0 Å². The van der Waals surface area contributed by atoms with Crippen LogP contribution in [0.15, 0.2) is 0 Å². The monoisotopic (exact) mass is 266 g/mol. The maximum absolute atomic E-state index is 11.5. The zero-order chi connectivity index (χ0) is 13.1. The van der Waals surface area contributed by atoms with Gasteiger partial charge in [0.1, 0.15) is 5.25 Å². The van der Waals surface area contributed by atoms with E-state index in [-0.39, 0.29) is 5.97 Å². The van der Waals surface area contributed by atoms with Crippen molar-refractivity contribution in [2.45, 2.75) is 51.7 Å². The summed E-state index contributed by atoms with van der Waals surface area (Å²) in [7, 11) is 0. The third-order valence-electron chi connectivity index (χ3n) is 2.55. The van der Waals surface area contributed by atoms with Gasteiger partial charge in [0.2, 0.25) is 0 Å². The second-order valence-corrected chi connectivity index (χ2v) is 4.96. The van der Waals surface area contributed by atoms with Crippen LogP contribution < -0.4 is 0 Å². The standard InChI is InChI=1S/C11H22O5S/c1-4-6-7-10(5-2)8-14-11(12)9(3)17-16-15-13/h9-10,13H,4-8H2,1-3H3. The highest BCUT2D eigenvalue weighted by molar-refractivity contribution is 7.95. The first-order valence-corrected chi connectivity index (χ1v) is 6.76. The van der Waals surface area contributed by atoms with Crippen molar-refractivity contribution in [2.75, 3.05) is 6.61 Å². The third kappa shape index (κ3) is 8.43. The lowest BCUT2D eigenvalue weighted by atomic mass is 10.0. The van der Waals surface area contributed by atoms with Gasteiger partial charge in [0, 0.05) is 12.0 Å². The molecule has 0 bridgehead atoms. The molecule has 0 aliphatic heterocycles. The van der Waals surface area contributed by atoms with Crippen LogP contribution in [0.4, 0.5) is 0 Å². The van der Waals surface area contributed by atoms with E-state index in [1.807, 2.05) is 0 Å². The van der Waals surface area contributed by atoms with Crippen molar-refractivity contribution < 1.29 is 24.2 Å². The Balaban J connectivity index is 3.78. The third-order valence-corrected chi connectivity index (χ3v) is 3.17. The Kier molecular flexibility index (Phi) is 10.6. The molecule has 0 rings (SSSR count). The smallest absolute Gasteiger partial charge is 0.321 e. The van der Waals surface area contributed by atoms with Gasteiger partial charge in [-0.15, -0.1) is 4.33 Å². The molecular formula is C11H22O5S. The SMILES string of the molecule is CCCCC(CC)COC(=O)C(C)SOOO. The molecule has 0 saturated heterocycles. The Hall–Kier alpha value is -0.300. The van der Waals surface area contributed by atoms with Gasteiger partial charge in [0.25, 0.3) is 0 Å². The number of ether oxygens (including phenoxy) is 1. The van der Waals surface area contributed by atoms with Crippen LogP contribution in [0.3, 0.4) is 0 Å². The van der Waals surface area contributed by atoms with E-state index < -0.39 is 5.25 Å². The van der Waals surface area contributed by atoms with Crippen molar-refractivity contribution in [3.8, 4) is 0 Å². The van der Waals surface area contributed by atoms with Crippen molar-refractivity contribution in [1.29, 1.82) is 0 Å². The Morgan fingerprint density at radius 2 is 2.12 bits per heavy atom. The molecule has 0 radical (unpaired) electrons. The van der Waals surface area contributed by atoms with E-state index in [1.165, 1.54) is 0 Å². The Morgan fingerprint density at radius 1 is 1.41 bits per heavy atom. The summed E-state index contributed by atoms with van der Waals surface area (Å²) in [5.41, 5.74) is 0. The van der Waals surface area contributed by atoms with Gasteiger partial charge in [-0.25, -0.2) is 5.26 Å². The second-order valence-electron chi connectivity index (χ2n) is 3.93. The highest BCUT2D eigenvalue weighted by Gasteiger charge is 2.18. The van der Waals surface area contributed by atoms with E-state index in [2.05, 4.69) is 23.2 Å². The number of carbonyl (C=O) groups excluding carboxylic acids is 1. The number of rotatable bonds is 10. The van der Waals surface area contributed by atoms with E-state index in [9.17, 15) is 4.79 Å². The van der Waals surface area contributed by atoms with E-state index in [1.54, 1.807) is 6.92 Å². The van der Waals surface area contributed by atoms with Crippen LogP contribution in [0.2, 0.25) is 0 Å². The predicted octanol–water partition coefficient (Wildman–Crippen LogP) is 3.20. The quantitative estimate of drug-likeness (QED) is 0.283. The number of hydrogen-bond acceptors (Lipinski definition) is 6. The van der Waals surface area contributed by atoms with Gasteiger partial charge >= 0.3 is 5.97 Å². The molecule has 6 heteroatoms. The fourth-order valence-electron chi connectivity index (χ4n) is 1.33. The number of carbonyl (C=O) groups is 1. The predicted molar refractivity (Wildman–Crippen MR) is 66.1 cm³/mol. The van der Waals surface area contributed by atoms with E-state index in [0.29, 0.717) is 24.6 Å². The average Bonchev–Trinajstić information content (AvgIpc) is 2.35. The fourth-order valence-corrected chi connectivity index (χ4v) is 1.63. The van der Waals surface area contributed by atoms with Crippen LogP contribution in [0.1, 0.15) is 46.5 Å². The molecule has 0 saturated carbocycles. The van der Waals surface area contributed by atoms with Crippen LogP contribution in [0.25, 0.3) is 0 Å². The minimum atomic E-state index is -0.522. The summed E-state index contributed by atoms with van der Waals surface area (Å²) in [6.45, 7) is 6.30. The molecule has 0 heterocycles. The van der Waals surface area contributed by atoms with Gasteiger partial charge in [0.05, 0.1) is 6.61 Å². The molecule has 1 N–H and O–H groups in total. The van der Waals surface area contributed by atoms with Gasteiger partial charge in [0.15, 0.2) is 0 Å². The number of hydrogen-bond donors (Lipinski definition) is 1. The molecule has 0 aliphatic carbocycles. The Labute approximate surface area is 107 Å². The Bertz CT molecular complexity index is 200. The molecule has 0 aliphatic rings. The molecule has 2 unspecified atom stereocenters. The summed E-state index contributed by atoms with van der Waals surface area (Å²) in [6.07, 6.45) is 4.39. The van der Waals surface area contributed by atoms with Crippen molar-refractivity contribution in [1.82, 2.24) is 0 Å². The maximum Gasteiger partial charge on any atom is 0.321 e. The van der Waals surface area contributed by atoms with Crippen molar-refractivity contribution >= 4 is 18.0 Å². The molecule has 0 amide bonds. The molecule has 0 fully saturated rings. The zero-order valence-corrected chi connectivity index (χ0v) is 11.5. The van der Waals surface area contributed by atoms with Crippen LogP contribution in [-0.4, -0.2) is 23.1 Å². The lowest BCUT2D eigenvalue weighted by Crippen LogP contribution is -2.21. The first kappa shape index (κ1) is 16.7. The summed E-state index contributed by atoms with van der Waals surface area (Å²) in [5.74, 6) is 0.0631. The summed E-state index contributed by atoms with van der Waals surface area (Å²) < 4.78 is 9.36. The number of unbranched alkanes of at least 4 members (excludes halogenated alkanes) is 1. The largest absolute Gasteiger partial charge is 0.465 e. The van der Waals surface area contributed by atoms with E-state index >= 15 is 0 Å². The van der Waals surface area contributed by atoms with Crippen molar-refractivity contribution in [2.24, 2.45) is 5.92 Å². The zero-order valence-electron chi connectivity index (χ0n) is 10.7. The molecule has 2 atom stereocenters. The minimum Gasteiger partial charge on any atom is -0.465 e. The first-order valence-electron chi connectivity index (χ1n) is 5.95. The topological polar surface area (TPSA) is 65.0 Å². The minimum absolute atomic E-state index is 0.359. The maximum atomic E-state index is 11.5. The summed E-state index contributed by atoms with van der Waals surface area (Å²) in [4.78, 5) is 11.5. The van der Waals surface area contributed by atoms with Gasteiger partial charge in [-0.3, -0.25) is 4.79 Å². The van der Waals surface area contributed by atoms with E-state index in [4.69, 9.17) is 9.99 Å². The van der Waals surface area contributed by atoms with Crippen LogP contribution in [0, 0.1) is 5.92 Å². The molecule has 0 spiro atoms. The van der Waals surface area contributed by atoms with Gasteiger partial charge < -0.3 is 4.74 Å². The second kappa shape index (κ2) is 10.8. The summed E-state index contributed by atoms with van der Waals surface area (Å²) in [5, 5.41) is 10.9. The highest BCUT2D eigenvalue weighted by atomic mass is 32.2. The van der Waals surface area contributed by atoms with Crippen LogP contribution in [0.5, 0.6) is 0 Å². The molecule has 5 nitrogen and oxygen atoms in total. The molecule has 0 aromatic heterocycles. The highest BCUT2D eigenvalue weighted by Crippen LogP contribution is 2.16. The molecule has 0 aromatic carbocycles. The lowest BCUT2D eigenvalue weighted by Gasteiger charge is -2.16. The number of esters is 1. The summed E-state index contributed by atoms with van der Waals surface area (Å²) in [6, 6.07) is 0. The molecule has 0 aromatic rings. The van der Waals surface area contributed by atoms with Gasteiger partial charge in [-0.1, -0.05) is 38.1 Å². The van der Waals surface area contributed by atoms with Gasteiger partial charge in [-0.2, -0.15) is 0 Å². The average molecular weight is 266 g/mol. The summed E-state index contributed by atoms with van der Waals surface area (Å²) >= 11 is 0.715. The molecule has 102 valence electrons. The molecular weight excluding hydrogens is 244 g/mol. The van der Waals surface area contributed by atoms with Crippen LogP contribution >= 0.6 is 12.0 Å².